The Balaban J connectivity index is 1.44. The summed E-state index contributed by atoms with van der Waals surface area (Å²) in [5.41, 5.74) is 4.22. The quantitative estimate of drug-likeness (QED) is 0.487. The summed E-state index contributed by atoms with van der Waals surface area (Å²) in [6.07, 6.45) is 1.98. The summed E-state index contributed by atoms with van der Waals surface area (Å²) < 4.78 is 10.9. The second-order valence-corrected chi connectivity index (χ2v) is 6.29. The number of pyridine rings is 1. The van der Waals surface area contributed by atoms with Crippen LogP contribution in [0.4, 0.5) is 11.6 Å². The van der Waals surface area contributed by atoms with Crippen molar-refractivity contribution in [2.75, 3.05) is 18.5 Å². The van der Waals surface area contributed by atoms with E-state index in [1.807, 2.05) is 30.5 Å². The number of H-pyrrole nitrogens is 2. The first kappa shape index (κ1) is 14.6. The van der Waals surface area contributed by atoms with Crippen molar-refractivity contribution >= 4 is 45.3 Å². The Morgan fingerprint density at radius 3 is 2.92 bits per heavy atom. The number of hydrogen-bond donors (Lipinski definition) is 3. The molecule has 0 unspecified atom stereocenters. The highest BCUT2D eigenvalue weighted by atomic mass is 35.5. The standard InChI is InChI=1S/C17H14ClN5O2/c18-15-4-3-12-16(23-15)14(6-19-12)22-17-20-11-2-1-9(5-13(11)21-17)25-10-7-24-8-10/h1-6,10,19H,7-8H2,(H2,20,21,22). The van der Waals surface area contributed by atoms with Crippen LogP contribution in [0.5, 0.6) is 5.75 Å². The molecule has 5 rings (SSSR count). The van der Waals surface area contributed by atoms with Crippen molar-refractivity contribution < 1.29 is 9.47 Å². The Kier molecular flexibility index (Phi) is 3.29. The first-order valence-electron chi connectivity index (χ1n) is 7.89. The molecule has 4 aromatic rings. The van der Waals surface area contributed by atoms with Gasteiger partial charge in [0.25, 0.3) is 0 Å². The molecule has 0 spiro atoms. The van der Waals surface area contributed by atoms with Gasteiger partial charge in [-0.25, -0.2) is 9.97 Å². The molecule has 7 nitrogen and oxygen atoms in total. The van der Waals surface area contributed by atoms with E-state index in [9.17, 15) is 0 Å². The van der Waals surface area contributed by atoms with E-state index in [0.717, 1.165) is 33.5 Å². The highest BCUT2D eigenvalue weighted by Gasteiger charge is 2.20. The van der Waals surface area contributed by atoms with Crippen LogP contribution in [-0.4, -0.2) is 39.3 Å². The zero-order valence-electron chi connectivity index (χ0n) is 13.0. The molecule has 0 saturated carbocycles. The third-order valence-electron chi connectivity index (χ3n) is 4.11. The van der Waals surface area contributed by atoms with E-state index in [0.29, 0.717) is 24.3 Å². The number of anilines is 2. The summed E-state index contributed by atoms with van der Waals surface area (Å²) in [4.78, 5) is 15.3. The minimum absolute atomic E-state index is 0.139. The molecule has 4 heterocycles. The van der Waals surface area contributed by atoms with Gasteiger partial charge in [0.1, 0.15) is 22.5 Å². The number of aromatic amines is 2. The summed E-state index contributed by atoms with van der Waals surface area (Å²) in [5.74, 6) is 1.43. The molecule has 0 amide bonds. The number of hydrogen-bond acceptors (Lipinski definition) is 5. The second-order valence-electron chi connectivity index (χ2n) is 5.90. The summed E-state index contributed by atoms with van der Waals surface area (Å²) in [5, 5.41) is 3.69. The second kappa shape index (κ2) is 5.65. The molecule has 0 aliphatic carbocycles. The van der Waals surface area contributed by atoms with Crippen LogP contribution < -0.4 is 10.1 Å². The maximum absolute atomic E-state index is 5.99. The van der Waals surface area contributed by atoms with Crippen LogP contribution in [0.25, 0.3) is 22.1 Å². The zero-order chi connectivity index (χ0) is 16.8. The predicted molar refractivity (Wildman–Crippen MR) is 95.7 cm³/mol. The first-order valence-corrected chi connectivity index (χ1v) is 8.27. The largest absolute Gasteiger partial charge is 0.486 e. The van der Waals surface area contributed by atoms with Gasteiger partial charge in [-0.05, 0) is 24.3 Å². The van der Waals surface area contributed by atoms with Crippen LogP contribution in [0.2, 0.25) is 5.15 Å². The van der Waals surface area contributed by atoms with Gasteiger partial charge >= 0.3 is 0 Å². The fourth-order valence-corrected chi connectivity index (χ4v) is 2.94. The van der Waals surface area contributed by atoms with Gasteiger partial charge in [-0.3, -0.25) is 0 Å². The highest BCUT2D eigenvalue weighted by molar-refractivity contribution is 6.29. The Bertz CT molecular complexity index is 1070. The average molecular weight is 356 g/mol. The van der Waals surface area contributed by atoms with Gasteiger partial charge < -0.3 is 24.8 Å². The molecule has 0 bridgehead atoms. The first-order chi connectivity index (χ1) is 12.2. The van der Waals surface area contributed by atoms with Crippen molar-refractivity contribution in [3.63, 3.8) is 0 Å². The molecule has 126 valence electrons. The molecule has 25 heavy (non-hydrogen) atoms. The third-order valence-corrected chi connectivity index (χ3v) is 4.32. The number of halogens is 1. The monoisotopic (exact) mass is 355 g/mol. The number of aromatic nitrogens is 4. The number of imidazole rings is 1. The molecule has 0 radical (unpaired) electrons. The lowest BCUT2D eigenvalue weighted by Gasteiger charge is -2.26. The van der Waals surface area contributed by atoms with Crippen molar-refractivity contribution in [1.29, 1.82) is 0 Å². The predicted octanol–water partition coefficient (Wildman–Crippen LogP) is 3.61. The number of benzene rings is 1. The lowest BCUT2D eigenvalue weighted by Crippen LogP contribution is -2.38. The van der Waals surface area contributed by atoms with Crippen molar-refractivity contribution in [1.82, 2.24) is 19.9 Å². The molecule has 3 N–H and O–H groups in total. The van der Waals surface area contributed by atoms with Gasteiger partial charge in [0.05, 0.1) is 35.5 Å². The summed E-state index contributed by atoms with van der Waals surface area (Å²) in [6.45, 7) is 1.29. The Hall–Kier alpha value is -2.77. The van der Waals surface area contributed by atoms with Crippen molar-refractivity contribution in [3.8, 4) is 5.75 Å². The van der Waals surface area contributed by atoms with E-state index in [4.69, 9.17) is 21.1 Å². The van der Waals surface area contributed by atoms with Crippen LogP contribution in [0.3, 0.4) is 0 Å². The maximum atomic E-state index is 5.99. The van der Waals surface area contributed by atoms with Gasteiger partial charge in [-0.15, -0.1) is 0 Å². The van der Waals surface area contributed by atoms with E-state index in [1.54, 1.807) is 6.07 Å². The van der Waals surface area contributed by atoms with Crippen LogP contribution in [0, 0.1) is 0 Å². The zero-order valence-corrected chi connectivity index (χ0v) is 13.8. The molecule has 1 fully saturated rings. The Labute approximate surface area is 147 Å². The molecular weight excluding hydrogens is 342 g/mol. The minimum Gasteiger partial charge on any atom is -0.486 e. The molecule has 1 aliphatic heterocycles. The number of ether oxygens (including phenoxy) is 2. The average Bonchev–Trinajstić information content (AvgIpc) is 3.14. The minimum atomic E-state index is 0.139. The summed E-state index contributed by atoms with van der Waals surface area (Å²) >= 11 is 5.99. The SMILES string of the molecule is Clc1ccc2[nH]cc(Nc3nc4ccc(OC5COC5)cc4[nH]3)c2n1. The number of nitrogens with one attached hydrogen (secondary N) is 3. The fourth-order valence-electron chi connectivity index (χ4n) is 2.79. The summed E-state index contributed by atoms with van der Waals surface area (Å²) in [6, 6.07) is 9.42. The van der Waals surface area contributed by atoms with Crippen LogP contribution in [-0.2, 0) is 4.74 Å². The molecule has 0 atom stereocenters. The molecule has 1 aliphatic rings. The Morgan fingerprint density at radius 2 is 2.08 bits per heavy atom. The van der Waals surface area contributed by atoms with Crippen molar-refractivity contribution in [3.05, 3.63) is 41.7 Å². The van der Waals surface area contributed by atoms with E-state index in [1.165, 1.54) is 0 Å². The molecular formula is C17H14ClN5O2. The van der Waals surface area contributed by atoms with E-state index < -0.39 is 0 Å². The van der Waals surface area contributed by atoms with E-state index >= 15 is 0 Å². The topological polar surface area (TPSA) is 87.9 Å². The maximum Gasteiger partial charge on any atom is 0.205 e. The van der Waals surface area contributed by atoms with Gasteiger partial charge in [0.2, 0.25) is 5.95 Å². The normalized spacial score (nSPS) is 14.8. The lowest BCUT2D eigenvalue weighted by atomic mass is 10.3. The highest BCUT2D eigenvalue weighted by Crippen LogP contribution is 2.27. The molecule has 8 heteroatoms. The van der Waals surface area contributed by atoms with Crippen molar-refractivity contribution in [2.45, 2.75) is 6.10 Å². The number of nitrogens with zero attached hydrogens (tertiary/aromatic N) is 2. The van der Waals surface area contributed by atoms with E-state index in [2.05, 4.69) is 25.3 Å². The number of rotatable bonds is 4. The van der Waals surface area contributed by atoms with Crippen molar-refractivity contribution in [2.24, 2.45) is 0 Å². The molecule has 1 saturated heterocycles. The molecule has 1 aromatic carbocycles. The van der Waals surface area contributed by atoms with E-state index in [-0.39, 0.29) is 6.10 Å². The third kappa shape index (κ3) is 2.67. The number of fused-ring (bicyclic) bond motifs is 2. The molecule has 3 aromatic heterocycles. The van der Waals surface area contributed by atoms with Crippen LogP contribution in [0.1, 0.15) is 0 Å². The van der Waals surface area contributed by atoms with Crippen LogP contribution >= 0.6 is 11.6 Å². The smallest absolute Gasteiger partial charge is 0.205 e. The van der Waals surface area contributed by atoms with Gasteiger partial charge in [0.15, 0.2) is 0 Å². The van der Waals surface area contributed by atoms with Gasteiger partial charge in [-0.2, -0.15) is 0 Å². The van der Waals surface area contributed by atoms with Gasteiger partial charge in [0, 0.05) is 12.3 Å². The fraction of sp³-hybridized carbons (Fsp3) is 0.176. The summed E-state index contributed by atoms with van der Waals surface area (Å²) in [7, 11) is 0. The Morgan fingerprint density at radius 1 is 1.16 bits per heavy atom. The van der Waals surface area contributed by atoms with Gasteiger partial charge in [-0.1, -0.05) is 11.6 Å². The lowest BCUT2D eigenvalue weighted by molar-refractivity contribution is -0.0796. The van der Waals surface area contributed by atoms with Crippen LogP contribution in [0.15, 0.2) is 36.5 Å².